The van der Waals surface area contributed by atoms with E-state index in [2.05, 4.69) is 28.3 Å². The summed E-state index contributed by atoms with van der Waals surface area (Å²) < 4.78 is 23.2. The third kappa shape index (κ3) is 5.37. The highest BCUT2D eigenvalue weighted by Gasteiger charge is 2.27. The van der Waals surface area contributed by atoms with E-state index in [1.54, 1.807) is 0 Å². The first-order valence-electron chi connectivity index (χ1n) is 11.9. The van der Waals surface area contributed by atoms with Crippen molar-refractivity contribution in [3.63, 3.8) is 0 Å². The summed E-state index contributed by atoms with van der Waals surface area (Å²) in [6.07, 6.45) is 2.97. The number of aromatic nitrogens is 2. The van der Waals surface area contributed by atoms with E-state index in [1.807, 2.05) is 37.3 Å². The quantitative estimate of drug-likeness (QED) is 0.494. The molecule has 0 aliphatic carbocycles. The number of ether oxygens (including phenoxy) is 3. The van der Waals surface area contributed by atoms with E-state index in [0.717, 1.165) is 75.0 Å². The maximum absolute atomic E-state index is 6.43. The van der Waals surface area contributed by atoms with Gasteiger partial charge < -0.3 is 18.7 Å². The lowest BCUT2D eigenvalue weighted by molar-refractivity contribution is 0.0830. The Labute approximate surface area is 194 Å². The first kappa shape index (κ1) is 21.9. The maximum Gasteiger partial charge on any atom is 0.261 e. The molecule has 3 heterocycles. The van der Waals surface area contributed by atoms with Crippen molar-refractivity contribution in [1.29, 1.82) is 0 Å². The number of benzene rings is 2. The largest absolute Gasteiger partial charge is 0.494 e. The molecule has 7 heteroatoms. The average Bonchev–Trinajstić information content (AvgIpc) is 3.51. The number of rotatable bonds is 8. The molecule has 33 heavy (non-hydrogen) atoms. The molecule has 0 radical (unpaired) electrons. The van der Waals surface area contributed by atoms with Gasteiger partial charge >= 0.3 is 0 Å². The van der Waals surface area contributed by atoms with Crippen molar-refractivity contribution in [2.45, 2.75) is 44.8 Å². The van der Waals surface area contributed by atoms with Gasteiger partial charge in [0.1, 0.15) is 17.6 Å². The molecular formula is C26H31N3O4. The number of nitrogens with zero attached hydrogens (tertiary/aromatic N) is 3. The van der Waals surface area contributed by atoms with Gasteiger partial charge in [0.05, 0.1) is 12.2 Å². The van der Waals surface area contributed by atoms with Crippen LogP contribution in [0, 0.1) is 0 Å². The summed E-state index contributed by atoms with van der Waals surface area (Å²) in [5, 5.41) is 4.25. The highest BCUT2D eigenvalue weighted by molar-refractivity contribution is 5.62. The van der Waals surface area contributed by atoms with Crippen LogP contribution in [-0.4, -0.2) is 54.1 Å². The number of hydrogen-bond acceptors (Lipinski definition) is 7. The molecule has 2 fully saturated rings. The van der Waals surface area contributed by atoms with E-state index in [0.29, 0.717) is 18.4 Å². The fourth-order valence-electron chi connectivity index (χ4n) is 4.59. The molecule has 0 spiro atoms. The van der Waals surface area contributed by atoms with E-state index in [-0.39, 0.29) is 6.10 Å². The first-order valence-corrected chi connectivity index (χ1v) is 11.9. The van der Waals surface area contributed by atoms with E-state index >= 15 is 0 Å². The SMILES string of the molecule is CCOc1cccc(CN2CCC(Oc3ccccc3-c3nc(C4CCOCC4)no3)C2)c1. The van der Waals surface area contributed by atoms with Crippen LogP contribution in [0.1, 0.15) is 43.5 Å². The van der Waals surface area contributed by atoms with Crippen LogP contribution in [0.3, 0.4) is 0 Å². The van der Waals surface area contributed by atoms with Gasteiger partial charge in [-0.1, -0.05) is 29.4 Å². The second-order valence-corrected chi connectivity index (χ2v) is 8.68. The Balaban J connectivity index is 1.23. The molecule has 2 saturated heterocycles. The minimum Gasteiger partial charge on any atom is -0.494 e. The molecule has 1 unspecified atom stereocenters. The minimum absolute atomic E-state index is 0.124. The molecule has 2 aromatic carbocycles. The van der Waals surface area contributed by atoms with Crippen molar-refractivity contribution in [3.8, 4) is 23.0 Å². The molecule has 1 aromatic heterocycles. The van der Waals surface area contributed by atoms with Crippen molar-refractivity contribution in [2.24, 2.45) is 0 Å². The smallest absolute Gasteiger partial charge is 0.261 e. The lowest BCUT2D eigenvalue weighted by atomic mass is 10.00. The van der Waals surface area contributed by atoms with Crippen LogP contribution in [0.25, 0.3) is 11.5 Å². The second kappa shape index (κ2) is 10.4. The summed E-state index contributed by atoms with van der Waals surface area (Å²) in [6.45, 7) is 6.96. The van der Waals surface area contributed by atoms with E-state index in [4.69, 9.17) is 23.7 Å². The Morgan fingerprint density at radius 2 is 1.94 bits per heavy atom. The fraction of sp³-hybridized carbons (Fsp3) is 0.462. The summed E-state index contributed by atoms with van der Waals surface area (Å²) in [4.78, 5) is 7.12. The fourth-order valence-corrected chi connectivity index (χ4v) is 4.59. The predicted octanol–water partition coefficient (Wildman–Crippen LogP) is 4.68. The summed E-state index contributed by atoms with van der Waals surface area (Å²) in [5.74, 6) is 3.31. The molecule has 2 aliphatic heterocycles. The molecule has 1 atom stereocenters. The molecular weight excluding hydrogens is 418 g/mol. The van der Waals surface area contributed by atoms with Crippen LogP contribution in [-0.2, 0) is 11.3 Å². The lowest BCUT2D eigenvalue weighted by Crippen LogP contribution is -2.24. The minimum atomic E-state index is 0.124. The average molecular weight is 450 g/mol. The first-order chi connectivity index (χ1) is 16.3. The zero-order valence-electron chi connectivity index (χ0n) is 19.1. The lowest BCUT2D eigenvalue weighted by Gasteiger charge is -2.18. The van der Waals surface area contributed by atoms with Gasteiger partial charge in [-0.15, -0.1) is 0 Å². The summed E-state index contributed by atoms with van der Waals surface area (Å²) >= 11 is 0. The normalized spacial score (nSPS) is 19.6. The van der Waals surface area contributed by atoms with Crippen molar-refractivity contribution >= 4 is 0 Å². The standard InChI is InChI=1S/C26H31N3O4/c1-2-31-21-7-5-6-19(16-21)17-29-13-10-22(18-29)32-24-9-4-3-8-23(24)26-27-25(28-33-26)20-11-14-30-15-12-20/h3-9,16,20,22H,2,10-15,17-18H2,1H3. The van der Waals surface area contributed by atoms with Crippen LogP contribution in [0.2, 0.25) is 0 Å². The molecule has 5 rings (SSSR count). The molecule has 0 saturated carbocycles. The van der Waals surface area contributed by atoms with Gasteiger partial charge in [-0.25, -0.2) is 0 Å². The van der Waals surface area contributed by atoms with Gasteiger partial charge in [0.2, 0.25) is 0 Å². The van der Waals surface area contributed by atoms with Crippen molar-refractivity contribution in [2.75, 3.05) is 32.9 Å². The van der Waals surface area contributed by atoms with Crippen molar-refractivity contribution in [1.82, 2.24) is 15.0 Å². The third-order valence-electron chi connectivity index (χ3n) is 6.28. The third-order valence-corrected chi connectivity index (χ3v) is 6.28. The van der Waals surface area contributed by atoms with Crippen molar-refractivity contribution < 1.29 is 18.7 Å². The zero-order valence-corrected chi connectivity index (χ0v) is 19.1. The Kier molecular flexibility index (Phi) is 6.88. The van der Waals surface area contributed by atoms with Gasteiger partial charge in [0, 0.05) is 38.8 Å². The highest BCUT2D eigenvalue weighted by atomic mass is 16.5. The summed E-state index contributed by atoms with van der Waals surface area (Å²) in [7, 11) is 0. The van der Waals surface area contributed by atoms with E-state index in [9.17, 15) is 0 Å². The predicted molar refractivity (Wildman–Crippen MR) is 124 cm³/mol. The Bertz CT molecular complexity index is 1050. The summed E-state index contributed by atoms with van der Waals surface area (Å²) in [6, 6.07) is 16.3. The Morgan fingerprint density at radius 3 is 2.82 bits per heavy atom. The van der Waals surface area contributed by atoms with E-state index in [1.165, 1.54) is 5.56 Å². The van der Waals surface area contributed by atoms with Gasteiger partial charge in [-0.05, 0) is 56.0 Å². The van der Waals surface area contributed by atoms with Crippen LogP contribution in [0.5, 0.6) is 11.5 Å². The summed E-state index contributed by atoms with van der Waals surface area (Å²) in [5.41, 5.74) is 2.11. The van der Waals surface area contributed by atoms with Crippen LogP contribution < -0.4 is 9.47 Å². The Morgan fingerprint density at radius 1 is 1.06 bits per heavy atom. The highest BCUT2D eigenvalue weighted by Crippen LogP contribution is 2.33. The maximum atomic E-state index is 6.43. The molecule has 0 N–H and O–H groups in total. The number of para-hydroxylation sites is 1. The molecule has 3 aromatic rings. The molecule has 0 bridgehead atoms. The van der Waals surface area contributed by atoms with E-state index < -0.39 is 0 Å². The van der Waals surface area contributed by atoms with Crippen molar-refractivity contribution in [3.05, 3.63) is 59.9 Å². The molecule has 2 aliphatic rings. The monoisotopic (exact) mass is 449 g/mol. The molecule has 0 amide bonds. The van der Waals surface area contributed by atoms with Crippen LogP contribution in [0.15, 0.2) is 53.1 Å². The molecule has 174 valence electrons. The van der Waals surface area contributed by atoms with Crippen LogP contribution in [0.4, 0.5) is 0 Å². The van der Waals surface area contributed by atoms with Gasteiger partial charge in [0.25, 0.3) is 5.89 Å². The molecule has 7 nitrogen and oxygen atoms in total. The second-order valence-electron chi connectivity index (χ2n) is 8.68. The number of hydrogen-bond donors (Lipinski definition) is 0. The van der Waals surface area contributed by atoms with Gasteiger partial charge in [0.15, 0.2) is 5.82 Å². The zero-order chi connectivity index (χ0) is 22.5. The van der Waals surface area contributed by atoms with Gasteiger partial charge in [-0.2, -0.15) is 4.98 Å². The van der Waals surface area contributed by atoms with Gasteiger partial charge in [-0.3, -0.25) is 4.90 Å². The number of likely N-dealkylation sites (tertiary alicyclic amines) is 1. The van der Waals surface area contributed by atoms with Crippen LogP contribution >= 0.6 is 0 Å². The Hall–Kier alpha value is -2.90. The topological polar surface area (TPSA) is 69.9 Å².